The van der Waals surface area contributed by atoms with Gasteiger partial charge < -0.3 is 19.7 Å². The molecule has 1 aliphatic heterocycles. The second-order valence-electron chi connectivity index (χ2n) is 7.04. The molecule has 1 saturated heterocycles. The molecule has 1 spiro atoms. The Hall–Kier alpha value is -1.40. The van der Waals surface area contributed by atoms with Crippen molar-refractivity contribution in [3.05, 3.63) is 35.9 Å². The number of aliphatic hydroxyl groups is 2. The second-order valence-corrected chi connectivity index (χ2v) is 7.04. The Bertz CT molecular complexity index is 564. The van der Waals surface area contributed by atoms with Gasteiger partial charge in [0.1, 0.15) is 5.75 Å². The highest BCUT2D eigenvalue weighted by molar-refractivity contribution is 5.50. The molecule has 0 amide bonds. The molecule has 25 heavy (non-hydrogen) atoms. The zero-order valence-corrected chi connectivity index (χ0v) is 14.9. The second kappa shape index (κ2) is 8.32. The molecule has 0 aromatic heterocycles. The van der Waals surface area contributed by atoms with E-state index in [1.54, 1.807) is 7.11 Å². The molecule has 1 aliphatic carbocycles. The van der Waals surface area contributed by atoms with Crippen molar-refractivity contribution in [1.29, 1.82) is 0 Å². The summed E-state index contributed by atoms with van der Waals surface area (Å²) < 4.78 is 10.9. The van der Waals surface area contributed by atoms with Gasteiger partial charge in [0.25, 0.3) is 0 Å². The summed E-state index contributed by atoms with van der Waals surface area (Å²) in [6.45, 7) is 3.28. The first-order chi connectivity index (χ1) is 12.2. The first-order valence-corrected chi connectivity index (χ1v) is 9.11. The number of benzene rings is 1. The van der Waals surface area contributed by atoms with Crippen LogP contribution in [0.2, 0.25) is 0 Å². The minimum atomic E-state index is -0.256. The number of hydrogen-bond donors (Lipinski definition) is 2. The average molecular weight is 347 g/mol. The van der Waals surface area contributed by atoms with Gasteiger partial charge in [-0.1, -0.05) is 24.3 Å². The number of rotatable bonds is 7. The van der Waals surface area contributed by atoms with Crippen LogP contribution in [0.1, 0.15) is 24.8 Å². The number of piperidine rings is 1. The molecule has 1 aromatic rings. The number of aliphatic hydroxyl groups excluding tert-OH is 2. The number of hydrogen-bond acceptors (Lipinski definition) is 5. The highest BCUT2D eigenvalue weighted by Crippen LogP contribution is 2.50. The van der Waals surface area contributed by atoms with Gasteiger partial charge in [0.15, 0.2) is 0 Å². The summed E-state index contributed by atoms with van der Waals surface area (Å²) in [4.78, 5) is 2.42. The van der Waals surface area contributed by atoms with Crippen molar-refractivity contribution < 1.29 is 19.7 Å². The fraction of sp³-hybridized carbons (Fsp3) is 0.600. The van der Waals surface area contributed by atoms with Crippen LogP contribution in [-0.2, 0) is 4.74 Å². The topological polar surface area (TPSA) is 62.2 Å². The van der Waals surface area contributed by atoms with Crippen molar-refractivity contribution in [2.24, 2.45) is 5.41 Å². The van der Waals surface area contributed by atoms with Crippen LogP contribution in [0.15, 0.2) is 30.3 Å². The van der Waals surface area contributed by atoms with E-state index >= 15 is 0 Å². The van der Waals surface area contributed by atoms with Crippen molar-refractivity contribution in [3.63, 3.8) is 0 Å². The van der Waals surface area contributed by atoms with Crippen molar-refractivity contribution in [1.82, 2.24) is 4.90 Å². The lowest BCUT2D eigenvalue weighted by Gasteiger charge is -2.56. The predicted molar refractivity (Wildman–Crippen MR) is 97.6 cm³/mol. The van der Waals surface area contributed by atoms with Crippen LogP contribution < -0.4 is 4.74 Å². The molecule has 2 N–H and O–H groups in total. The zero-order chi connectivity index (χ0) is 17.7. The first kappa shape index (κ1) is 18.4. The Kier molecular flexibility index (Phi) is 6.12. The highest BCUT2D eigenvalue weighted by atomic mass is 16.5. The summed E-state index contributed by atoms with van der Waals surface area (Å²) in [5, 5.41) is 19.2. The molecule has 5 nitrogen and oxygen atoms in total. The van der Waals surface area contributed by atoms with E-state index in [4.69, 9.17) is 14.6 Å². The molecule has 1 saturated carbocycles. The Balaban J connectivity index is 1.46. The van der Waals surface area contributed by atoms with Crippen LogP contribution in [0, 0.1) is 5.41 Å². The van der Waals surface area contributed by atoms with Gasteiger partial charge in [0.2, 0.25) is 0 Å². The molecule has 138 valence electrons. The van der Waals surface area contributed by atoms with Crippen LogP contribution in [0.3, 0.4) is 0 Å². The summed E-state index contributed by atoms with van der Waals surface area (Å²) in [7, 11) is 1.67. The monoisotopic (exact) mass is 347 g/mol. The Morgan fingerprint density at radius 2 is 1.96 bits per heavy atom. The summed E-state index contributed by atoms with van der Waals surface area (Å²) in [6, 6.07) is 8.03. The average Bonchev–Trinajstić information content (AvgIpc) is 2.66. The van der Waals surface area contributed by atoms with Crippen molar-refractivity contribution >= 4 is 6.08 Å². The van der Waals surface area contributed by atoms with E-state index in [-0.39, 0.29) is 24.2 Å². The van der Waals surface area contributed by atoms with Crippen LogP contribution in [0.5, 0.6) is 5.75 Å². The summed E-state index contributed by atoms with van der Waals surface area (Å²) in [5.41, 5.74) is 1.08. The molecule has 1 heterocycles. The maximum Gasteiger partial charge on any atom is 0.118 e. The van der Waals surface area contributed by atoms with Crippen molar-refractivity contribution in [2.75, 3.05) is 40.0 Å². The van der Waals surface area contributed by atoms with E-state index in [1.165, 1.54) is 5.56 Å². The summed E-state index contributed by atoms with van der Waals surface area (Å²) in [5.74, 6) is 0.871. The maximum absolute atomic E-state index is 10.3. The van der Waals surface area contributed by atoms with Gasteiger partial charge in [-0.15, -0.1) is 0 Å². The van der Waals surface area contributed by atoms with E-state index in [0.29, 0.717) is 13.0 Å². The predicted octanol–water partition coefficient (Wildman–Crippen LogP) is 1.93. The minimum Gasteiger partial charge on any atom is -0.497 e. The van der Waals surface area contributed by atoms with E-state index in [0.717, 1.165) is 38.2 Å². The number of methoxy groups -OCH3 is 1. The van der Waals surface area contributed by atoms with Gasteiger partial charge >= 0.3 is 0 Å². The van der Waals surface area contributed by atoms with Crippen LogP contribution in [0.4, 0.5) is 0 Å². The standard InChI is InChI=1S/C20H29NO4/c1-24-17-6-4-16(5-7-17)3-2-10-21-11-8-20(9-12-21)18(23)15-19(20)25-14-13-22/h2-7,18-19,22-23H,8-15H2,1H3/b3-2+/t18-,19+/m0/s1. The molecule has 2 fully saturated rings. The Morgan fingerprint density at radius 1 is 1.24 bits per heavy atom. The normalized spacial score (nSPS) is 26.0. The fourth-order valence-corrected chi connectivity index (χ4v) is 4.02. The number of likely N-dealkylation sites (tertiary alicyclic amines) is 1. The van der Waals surface area contributed by atoms with E-state index < -0.39 is 0 Å². The molecule has 5 heteroatoms. The first-order valence-electron chi connectivity index (χ1n) is 9.11. The molecule has 1 aromatic carbocycles. The van der Waals surface area contributed by atoms with E-state index in [9.17, 15) is 5.11 Å². The quantitative estimate of drug-likeness (QED) is 0.789. The largest absolute Gasteiger partial charge is 0.497 e. The van der Waals surface area contributed by atoms with Gasteiger partial charge in [-0.3, -0.25) is 4.90 Å². The van der Waals surface area contributed by atoms with Gasteiger partial charge in [-0.25, -0.2) is 0 Å². The third-order valence-electron chi connectivity index (χ3n) is 5.73. The third-order valence-corrected chi connectivity index (χ3v) is 5.73. The Labute approximate surface area is 149 Å². The molecule has 0 bridgehead atoms. The molecular weight excluding hydrogens is 318 g/mol. The van der Waals surface area contributed by atoms with Crippen LogP contribution >= 0.6 is 0 Å². The molecule has 3 rings (SSSR count). The van der Waals surface area contributed by atoms with Gasteiger partial charge in [0.05, 0.1) is 32.5 Å². The summed E-state index contributed by atoms with van der Waals surface area (Å²) in [6.07, 6.45) is 6.80. The highest BCUT2D eigenvalue weighted by Gasteiger charge is 2.55. The maximum atomic E-state index is 10.3. The van der Waals surface area contributed by atoms with Crippen LogP contribution in [0.25, 0.3) is 6.08 Å². The smallest absolute Gasteiger partial charge is 0.118 e. The molecule has 0 radical (unpaired) electrons. The SMILES string of the molecule is COc1ccc(/C=C/CN2CCC3(CC2)[C@@H](O)C[C@H]3OCCO)cc1. The third kappa shape index (κ3) is 4.06. The zero-order valence-electron chi connectivity index (χ0n) is 14.9. The van der Waals surface area contributed by atoms with Gasteiger partial charge in [-0.2, -0.15) is 0 Å². The Morgan fingerprint density at radius 3 is 2.56 bits per heavy atom. The van der Waals surface area contributed by atoms with Crippen LogP contribution in [-0.4, -0.2) is 67.3 Å². The lowest BCUT2D eigenvalue weighted by atomic mass is 9.58. The molecular formula is C20H29NO4. The van der Waals surface area contributed by atoms with E-state index in [2.05, 4.69) is 17.1 Å². The lowest BCUT2D eigenvalue weighted by Crippen LogP contribution is -2.62. The van der Waals surface area contributed by atoms with Crippen molar-refractivity contribution in [3.8, 4) is 5.75 Å². The number of nitrogens with zero attached hydrogens (tertiary/aromatic N) is 1. The lowest BCUT2D eigenvalue weighted by molar-refractivity contribution is -0.212. The molecule has 0 unspecified atom stereocenters. The number of ether oxygens (including phenoxy) is 2. The fourth-order valence-electron chi connectivity index (χ4n) is 4.02. The van der Waals surface area contributed by atoms with Crippen molar-refractivity contribution in [2.45, 2.75) is 31.5 Å². The minimum absolute atomic E-state index is 0.0466. The molecule has 2 atom stereocenters. The van der Waals surface area contributed by atoms with E-state index in [1.807, 2.05) is 24.3 Å². The van der Waals surface area contributed by atoms with Gasteiger partial charge in [0, 0.05) is 18.4 Å². The molecule has 2 aliphatic rings. The van der Waals surface area contributed by atoms with Gasteiger partial charge in [-0.05, 0) is 43.6 Å². The summed E-state index contributed by atoms with van der Waals surface area (Å²) >= 11 is 0.